The molecule has 0 unspecified atom stereocenters. The van der Waals surface area contributed by atoms with E-state index in [1.54, 1.807) is 0 Å². The number of rotatable bonds is 5. The number of hydrogen-bond donors (Lipinski definition) is 2. The molecule has 5 heteroatoms. The molecule has 0 aliphatic rings. The van der Waals surface area contributed by atoms with Gasteiger partial charge in [0.05, 0.1) is 4.90 Å². The van der Waals surface area contributed by atoms with Gasteiger partial charge < -0.3 is 10.8 Å². The molecule has 1 aromatic carbocycles. The molecule has 3 N–H and O–H groups in total. The highest BCUT2D eigenvalue weighted by Gasteiger charge is 2.11. The molecule has 0 bridgehead atoms. The zero-order valence-electron chi connectivity index (χ0n) is 10.6. The van der Waals surface area contributed by atoms with Crippen molar-refractivity contribution in [2.45, 2.75) is 31.2 Å². The smallest absolute Gasteiger partial charge is 0.199 e. The van der Waals surface area contributed by atoms with E-state index >= 15 is 0 Å². The third kappa shape index (κ3) is 4.50. The van der Waals surface area contributed by atoms with Gasteiger partial charge in [-0.05, 0) is 36.6 Å². The number of nitrogens with two attached hydrogens (primary N) is 1. The van der Waals surface area contributed by atoms with Gasteiger partial charge in [0.2, 0.25) is 0 Å². The summed E-state index contributed by atoms with van der Waals surface area (Å²) in [5, 5.41) is 10.2. The second-order valence-corrected chi connectivity index (χ2v) is 6.49. The summed E-state index contributed by atoms with van der Waals surface area (Å²) in [7, 11) is -3.48. The molecule has 1 aromatic rings. The molecule has 1 rings (SSSR count). The molecule has 0 aliphatic heterocycles. The average Bonchev–Trinajstić information content (AvgIpc) is 2.26. The minimum absolute atomic E-state index is 0.0365. The Kier molecular flexibility index (Phi) is 4.93. The summed E-state index contributed by atoms with van der Waals surface area (Å²) >= 11 is 0. The van der Waals surface area contributed by atoms with Crippen molar-refractivity contribution in [3.05, 3.63) is 35.7 Å². The molecular formula is C13H19NO3S. The normalized spacial score (nSPS) is 14.2. The predicted octanol–water partition coefficient (Wildman–Crippen LogP) is 2.05. The Balaban J connectivity index is 2.82. The molecule has 0 heterocycles. The molecule has 0 aromatic heterocycles. The van der Waals surface area contributed by atoms with Gasteiger partial charge in [-0.15, -0.1) is 0 Å². The number of hydrogen-bond acceptors (Lipinski definition) is 4. The third-order valence-corrected chi connectivity index (χ3v) is 3.86. The average molecular weight is 269 g/mol. The van der Waals surface area contributed by atoms with Crippen LogP contribution in [0, 0.1) is 5.92 Å². The van der Waals surface area contributed by atoms with Gasteiger partial charge >= 0.3 is 0 Å². The second-order valence-electron chi connectivity index (χ2n) is 4.66. The highest BCUT2D eigenvalue weighted by Crippen LogP contribution is 2.17. The van der Waals surface area contributed by atoms with E-state index in [0.29, 0.717) is 5.92 Å². The maximum absolute atomic E-state index is 11.9. The number of sulfone groups is 1. The van der Waals surface area contributed by atoms with Crippen LogP contribution in [0.25, 0.3) is 0 Å². The van der Waals surface area contributed by atoms with Crippen molar-refractivity contribution >= 4 is 9.84 Å². The van der Waals surface area contributed by atoms with E-state index in [0.717, 1.165) is 11.8 Å². The first kappa shape index (κ1) is 14.7. The van der Waals surface area contributed by atoms with Crippen LogP contribution in [-0.2, 0) is 9.84 Å². The van der Waals surface area contributed by atoms with Crippen molar-refractivity contribution in [2.24, 2.45) is 11.7 Å². The molecule has 0 radical (unpaired) electrons. The minimum atomic E-state index is -3.48. The third-order valence-electron chi connectivity index (χ3n) is 2.41. The van der Waals surface area contributed by atoms with Crippen LogP contribution in [-0.4, -0.2) is 19.6 Å². The van der Waals surface area contributed by atoms with Crippen LogP contribution < -0.4 is 5.73 Å². The summed E-state index contributed by atoms with van der Waals surface area (Å²) in [4.78, 5) is 0.147. The van der Waals surface area contributed by atoms with Crippen molar-refractivity contribution in [3.8, 4) is 5.75 Å². The van der Waals surface area contributed by atoms with Gasteiger partial charge in [0, 0.05) is 11.4 Å². The Labute approximate surface area is 108 Å². The Hall–Kier alpha value is -1.33. The summed E-state index contributed by atoms with van der Waals surface area (Å²) in [6.45, 7) is 4.06. The Morgan fingerprint density at radius 2 is 1.83 bits per heavy atom. The van der Waals surface area contributed by atoms with Gasteiger partial charge in [-0.1, -0.05) is 19.9 Å². The topological polar surface area (TPSA) is 80.4 Å². The molecule has 1 atom stereocenters. The number of phenols is 1. The van der Waals surface area contributed by atoms with E-state index in [4.69, 9.17) is 10.8 Å². The first-order valence-electron chi connectivity index (χ1n) is 5.79. The first-order valence-corrected chi connectivity index (χ1v) is 7.34. The maximum atomic E-state index is 11.9. The van der Waals surface area contributed by atoms with Crippen molar-refractivity contribution in [1.29, 1.82) is 0 Å². The first-order chi connectivity index (χ1) is 8.31. The van der Waals surface area contributed by atoms with E-state index in [1.807, 2.05) is 13.8 Å². The monoisotopic (exact) mass is 269 g/mol. The van der Waals surface area contributed by atoms with E-state index in [2.05, 4.69) is 0 Å². The fourth-order valence-electron chi connectivity index (χ4n) is 1.54. The summed E-state index contributed by atoms with van der Waals surface area (Å²) in [6.07, 6.45) is 2.24. The zero-order chi connectivity index (χ0) is 13.8. The van der Waals surface area contributed by atoms with Crippen LogP contribution >= 0.6 is 0 Å². The molecule has 18 heavy (non-hydrogen) atoms. The van der Waals surface area contributed by atoms with Gasteiger partial charge in [0.25, 0.3) is 0 Å². The van der Waals surface area contributed by atoms with Crippen molar-refractivity contribution in [1.82, 2.24) is 0 Å². The van der Waals surface area contributed by atoms with E-state index in [-0.39, 0.29) is 16.7 Å². The Morgan fingerprint density at radius 3 is 2.33 bits per heavy atom. The number of benzene rings is 1. The van der Waals surface area contributed by atoms with E-state index in [1.165, 1.54) is 30.3 Å². The Bertz CT molecular complexity index is 504. The van der Waals surface area contributed by atoms with Gasteiger partial charge in [0.15, 0.2) is 9.84 Å². The zero-order valence-corrected chi connectivity index (χ0v) is 11.4. The highest BCUT2D eigenvalue weighted by atomic mass is 32.2. The van der Waals surface area contributed by atoms with Gasteiger partial charge in [0.1, 0.15) is 5.75 Å². The quantitative estimate of drug-likeness (QED) is 0.857. The Morgan fingerprint density at radius 1 is 1.28 bits per heavy atom. The molecule has 0 saturated carbocycles. The summed E-state index contributed by atoms with van der Waals surface area (Å²) in [5.74, 6) is 0.454. The van der Waals surface area contributed by atoms with Gasteiger partial charge in [-0.2, -0.15) is 0 Å². The number of aromatic hydroxyl groups is 1. The lowest BCUT2D eigenvalue weighted by molar-refractivity contribution is 0.475. The minimum Gasteiger partial charge on any atom is -0.508 e. The molecule has 0 fully saturated rings. The lowest BCUT2D eigenvalue weighted by Crippen LogP contribution is -2.19. The highest BCUT2D eigenvalue weighted by molar-refractivity contribution is 7.94. The van der Waals surface area contributed by atoms with Crippen LogP contribution in [0.15, 0.2) is 40.6 Å². The van der Waals surface area contributed by atoms with Gasteiger partial charge in [-0.25, -0.2) is 8.42 Å². The summed E-state index contributed by atoms with van der Waals surface area (Å²) in [6, 6.07) is 5.15. The van der Waals surface area contributed by atoms with Crippen LogP contribution in [0.2, 0.25) is 0 Å². The van der Waals surface area contributed by atoms with Crippen molar-refractivity contribution < 1.29 is 13.5 Å². The molecule has 0 saturated heterocycles. The van der Waals surface area contributed by atoms with Crippen LogP contribution in [0.3, 0.4) is 0 Å². The van der Waals surface area contributed by atoms with Crippen LogP contribution in [0.5, 0.6) is 5.75 Å². The lowest BCUT2D eigenvalue weighted by Gasteiger charge is -2.09. The van der Waals surface area contributed by atoms with Crippen LogP contribution in [0.1, 0.15) is 20.3 Å². The standard InChI is InChI=1S/C13H19NO3S/c1-10(2)9-11(14)7-8-18(16,17)13-5-3-12(15)4-6-13/h3-8,10-11,15H,9,14H2,1-2H3/b8-7+/t11-/m1/s1. The van der Waals surface area contributed by atoms with E-state index in [9.17, 15) is 8.42 Å². The van der Waals surface area contributed by atoms with Crippen molar-refractivity contribution in [3.63, 3.8) is 0 Å². The lowest BCUT2D eigenvalue weighted by atomic mass is 10.1. The molecule has 100 valence electrons. The summed E-state index contributed by atoms with van der Waals surface area (Å²) in [5.41, 5.74) is 5.79. The fraction of sp³-hybridized carbons (Fsp3) is 0.385. The SMILES string of the molecule is CC(C)C[C@H](N)/C=C/S(=O)(=O)c1ccc(O)cc1. The van der Waals surface area contributed by atoms with Crippen molar-refractivity contribution in [2.75, 3.05) is 0 Å². The second kappa shape index (κ2) is 6.02. The maximum Gasteiger partial charge on any atom is 0.199 e. The van der Waals surface area contributed by atoms with Crippen LogP contribution in [0.4, 0.5) is 0 Å². The van der Waals surface area contributed by atoms with E-state index < -0.39 is 9.84 Å². The molecule has 0 amide bonds. The predicted molar refractivity (Wildman–Crippen MR) is 71.9 cm³/mol. The van der Waals surface area contributed by atoms with Gasteiger partial charge in [-0.3, -0.25) is 0 Å². The largest absolute Gasteiger partial charge is 0.508 e. The number of phenolic OH excluding ortho intramolecular Hbond substituents is 1. The fourth-order valence-corrected chi connectivity index (χ4v) is 2.62. The molecule has 0 spiro atoms. The summed E-state index contributed by atoms with van der Waals surface area (Å²) < 4.78 is 23.8. The molecular weight excluding hydrogens is 250 g/mol. The molecule has 4 nitrogen and oxygen atoms in total. The molecule has 0 aliphatic carbocycles.